The number of tetrazole rings is 1. The Morgan fingerprint density at radius 3 is 2.70 bits per heavy atom. The third-order valence-corrected chi connectivity index (χ3v) is 4.28. The standard InChI is InChI=1S/C18H24N8O/c1-12(10-25-15(4)7-14(3)22-25)9-19-18(27)21-17-8-16(6-5-13(17)2)26-11-20-23-24-26/h5-8,11-12H,9-10H2,1-4H3,(H2,19,21,27). The number of aromatic nitrogens is 6. The van der Waals surface area contributed by atoms with Gasteiger partial charge in [-0.2, -0.15) is 5.10 Å². The van der Waals surface area contributed by atoms with Crippen molar-refractivity contribution >= 4 is 11.7 Å². The fraction of sp³-hybridized carbons (Fsp3) is 0.389. The molecule has 2 amide bonds. The van der Waals surface area contributed by atoms with Gasteiger partial charge in [0.25, 0.3) is 0 Å². The lowest BCUT2D eigenvalue weighted by atomic mass is 10.1. The smallest absolute Gasteiger partial charge is 0.319 e. The zero-order valence-electron chi connectivity index (χ0n) is 16.0. The molecular formula is C18H24N8O. The molecule has 0 aliphatic carbocycles. The zero-order chi connectivity index (χ0) is 19.4. The van der Waals surface area contributed by atoms with Gasteiger partial charge in [-0.1, -0.05) is 13.0 Å². The van der Waals surface area contributed by atoms with Crippen LogP contribution in [-0.2, 0) is 6.54 Å². The summed E-state index contributed by atoms with van der Waals surface area (Å²) in [5, 5.41) is 21.4. The van der Waals surface area contributed by atoms with Crippen molar-refractivity contribution in [1.82, 2.24) is 35.3 Å². The quantitative estimate of drug-likeness (QED) is 0.695. The Hall–Kier alpha value is -3.23. The van der Waals surface area contributed by atoms with Gasteiger partial charge in [0.05, 0.1) is 11.4 Å². The van der Waals surface area contributed by atoms with E-state index in [4.69, 9.17) is 0 Å². The highest BCUT2D eigenvalue weighted by atomic mass is 16.2. The fourth-order valence-electron chi connectivity index (χ4n) is 2.82. The molecule has 9 heteroatoms. The first-order chi connectivity index (χ1) is 12.9. The van der Waals surface area contributed by atoms with E-state index in [0.717, 1.165) is 29.2 Å². The highest BCUT2D eigenvalue weighted by molar-refractivity contribution is 5.90. The molecule has 3 rings (SSSR count). The number of rotatable bonds is 6. The van der Waals surface area contributed by atoms with Gasteiger partial charge < -0.3 is 10.6 Å². The Labute approximate surface area is 157 Å². The van der Waals surface area contributed by atoms with Gasteiger partial charge in [-0.25, -0.2) is 9.48 Å². The topological polar surface area (TPSA) is 103 Å². The molecule has 0 aliphatic heterocycles. The third kappa shape index (κ3) is 4.69. The lowest BCUT2D eigenvalue weighted by Crippen LogP contribution is -2.34. The molecule has 142 valence electrons. The fourth-order valence-corrected chi connectivity index (χ4v) is 2.82. The average molecular weight is 368 g/mol. The number of aryl methyl sites for hydroxylation is 3. The first-order valence-electron chi connectivity index (χ1n) is 8.82. The van der Waals surface area contributed by atoms with Gasteiger partial charge in [0.1, 0.15) is 6.33 Å². The molecule has 2 N–H and O–H groups in total. The van der Waals surface area contributed by atoms with Gasteiger partial charge in [-0.05, 0) is 60.9 Å². The molecule has 1 aromatic carbocycles. The van der Waals surface area contributed by atoms with E-state index in [2.05, 4.69) is 38.2 Å². The first-order valence-corrected chi connectivity index (χ1v) is 8.82. The second-order valence-corrected chi connectivity index (χ2v) is 6.80. The number of amides is 2. The zero-order valence-corrected chi connectivity index (χ0v) is 16.0. The molecule has 9 nitrogen and oxygen atoms in total. The van der Waals surface area contributed by atoms with Gasteiger partial charge in [0, 0.05) is 24.5 Å². The molecule has 1 atom stereocenters. The monoisotopic (exact) mass is 368 g/mol. The highest BCUT2D eigenvalue weighted by Gasteiger charge is 2.11. The normalized spacial score (nSPS) is 12.0. The van der Waals surface area contributed by atoms with Gasteiger partial charge in [0.2, 0.25) is 0 Å². The maximum absolute atomic E-state index is 12.3. The van der Waals surface area contributed by atoms with Crippen LogP contribution in [0.5, 0.6) is 0 Å². The molecule has 1 unspecified atom stereocenters. The van der Waals surface area contributed by atoms with Crippen molar-refractivity contribution in [2.75, 3.05) is 11.9 Å². The Balaban J connectivity index is 1.56. The van der Waals surface area contributed by atoms with Crippen molar-refractivity contribution in [3.63, 3.8) is 0 Å². The molecule has 0 saturated carbocycles. The summed E-state index contributed by atoms with van der Waals surface area (Å²) < 4.78 is 3.51. The van der Waals surface area contributed by atoms with Crippen LogP contribution in [0.3, 0.4) is 0 Å². The Morgan fingerprint density at radius 1 is 1.22 bits per heavy atom. The van der Waals surface area contributed by atoms with Crippen molar-refractivity contribution in [2.24, 2.45) is 5.92 Å². The summed E-state index contributed by atoms with van der Waals surface area (Å²) in [6, 6.07) is 7.45. The van der Waals surface area contributed by atoms with E-state index in [1.54, 1.807) is 4.68 Å². The van der Waals surface area contributed by atoms with Crippen molar-refractivity contribution in [2.45, 2.75) is 34.2 Å². The largest absolute Gasteiger partial charge is 0.338 e. The van der Waals surface area contributed by atoms with E-state index < -0.39 is 0 Å². The minimum atomic E-state index is -0.243. The summed E-state index contributed by atoms with van der Waals surface area (Å²) >= 11 is 0. The molecular weight excluding hydrogens is 344 g/mol. The summed E-state index contributed by atoms with van der Waals surface area (Å²) in [5.41, 5.74) is 4.57. The number of hydrogen-bond acceptors (Lipinski definition) is 5. The molecule has 27 heavy (non-hydrogen) atoms. The first kappa shape index (κ1) is 18.6. The number of anilines is 1. The highest BCUT2D eigenvalue weighted by Crippen LogP contribution is 2.18. The number of hydrogen-bond donors (Lipinski definition) is 2. The average Bonchev–Trinajstić information content (AvgIpc) is 3.25. The van der Waals surface area contributed by atoms with Crippen LogP contribution in [0.15, 0.2) is 30.6 Å². The molecule has 0 fully saturated rings. The lowest BCUT2D eigenvalue weighted by molar-refractivity contribution is 0.249. The van der Waals surface area contributed by atoms with Crippen LogP contribution in [0.2, 0.25) is 0 Å². The maximum atomic E-state index is 12.3. The summed E-state index contributed by atoms with van der Waals surface area (Å²) in [7, 11) is 0. The van der Waals surface area contributed by atoms with Gasteiger partial charge >= 0.3 is 6.03 Å². The number of urea groups is 1. The Kier molecular flexibility index (Phi) is 5.49. The van der Waals surface area contributed by atoms with Gasteiger partial charge in [-0.15, -0.1) is 5.10 Å². The predicted octanol–water partition coefficient (Wildman–Crippen LogP) is 2.24. The number of carbonyl (C=O) groups excluding carboxylic acids is 1. The van der Waals surface area contributed by atoms with Crippen LogP contribution in [0.4, 0.5) is 10.5 Å². The van der Waals surface area contributed by atoms with Crippen molar-refractivity contribution in [1.29, 1.82) is 0 Å². The second-order valence-electron chi connectivity index (χ2n) is 6.80. The maximum Gasteiger partial charge on any atom is 0.319 e. The van der Waals surface area contributed by atoms with E-state index in [1.807, 2.05) is 49.7 Å². The molecule has 2 heterocycles. The third-order valence-electron chi connectivity index (χ3n) is 4.28. The molecule has 0 bridgehead atoms. The molecule has 3 aromatic rings. The summed E-state index contributed by atoms with van der Waals surface area (Å²) in [6.07, 6.45) is 1.51. The van der Waals surface area contributed by atoms with E-state index in [0.29, 0.717) is 12.2 Å². The van der Waals surface area contributed by atoms with Crippen molar-refractivity contribution in [3.8, 4) is 5.69 Å². The molecule has 0 aliphatic rings. The van der Waals surface area contributed by atoms with Crippen molar-refractivity contribution < 1.29 is 4.79 Å². The summed E-state index contributed by atoms with van der Waals surface area (Å²) in [5.74, 6) is 0.252. The Bertz CT molecular complexity index is 916. The minimum Gasteiger partial charge on any atom is -0.338 e. The van der Waals surface area contributed by atoms with Crippen molar-refractivity contribution in [3.05, 3.63) is 47.5 Å². The van der Waals surface area contributed by atoms with Crippen LogP contribution in [0.1, 0.15) is 23.9 Å². The van der Waals surface area contributed by atoms with Crippen LogP contribution in [0.25, 0.3) is 5.69 Å². The SMILES string of the molecule is Cc1cc(C)n(CC(C)CNC(=O)Nc2cc(-n3cnnn3)ccc2C)n1. The molecule has 0 spiro atoms. The van der Waals surface area contributed by atoms with E-state index in [-0.39, 0.29) is 11.9 Å². The number of nitrogens with one attached hydrogen (secondary N) is 2. The van der Waals surface area contributed by atoms with Crippen LogP contribution in [0, 0.1) is 26.7 Å². The van der Waals surface area contributed by atoms with Crippen LogP contribution < -0.4 is 10.6 Å². The van der Waals surface area contributed by atoms with Crippen LogP contribution in [-0.4, -0.2) is 42.6 Å². The van der Waals surface area contributed by atoms with E-state index in [9.17, 15) is 4.79 Å². The predicted molar refractivity (Wildman–Crippen MR) is 102 cm³/mol. The molecule has 2 aromatic heterocycles. The van der Waals surface area contributed by atoms with E-state index in [1.165, 1.54) is 6.33 Å². The van der Waals surface area contributed by atoms with Gasteiger partial charge in [-0.3, -0.25) is 4.68 Å². The van der Waals surface area contributed by atoms with Gasteiger partial charge in [0.15, 0.2) is 0 Å². The Morgan fingerprint density at radius 2 is 2.04 bits per heavy atom. The second kappa shape index (κ2) is 7.98. The minimum absolute atomic E-state index is 0.243. The lowest BCUT2D eigenvalue weighted by Gasteiger charge is -2.15. The molecule has 0 radical (unpaired) electrons. The van der Waals surface area contributed by atoms with Crippen LogP contribution >= 0.6 is 0 Å². The number of nitrogens with zero attached hydrogens (tertiary/aromatic N) is 6. The number of benzene rings is 1. The van der Waals surface area contributed by atoms with E-state index >= 15 is 0 Å². The molecule has 0 saturated heterocycles. The summed E-state index contributed by atoms with van der Waals surface area (Å²) in [4.78, 5) is 12.3. The number of carbonyl (C=O) groups is 1. The summed E-state index contributed by atoms with van der Waals surface area (Å²) in [6.45, 7) is 9.34.